The molecule has 3 aliphatic heterocycles. The maximum Gasteiger partial charge on any atom is 0.341 e. The minimum Gasteiger partial charge on any atom is -0.462 e. The molecule has 0 aromatic rings. The molecule has 3 heterocycles. The van der Waals surface area contributed by atoms with Crippen molar-refractivity contribution >= 4 is 23.9 Å². The van der Waals surface area contributed by atoms with Crippen LogP contribution in [-0.2, 0) is 47.6 Å². The first-order chi connectivity index (χ1) is 22.2. The summed E-state index contributed by atoms with van der Waals surface area (Å²) in [6, 6.07) is 0. The maximum absolute atomic E-state index is 13.3. The van der Waals surface area contributed by atoms with E-state index in [9.17, 15) is 34.5 Å². The summed E-state index contributed by atoms with van der Waals surface area (Å²) in [5, 5.41) is 37.3. The van der Waals surface area contributed by atoms with E-state index in [0.717, 1.165) is 0 Å². The number of aliphatic hydroxyl groups is 3. The number of epoxide rings is 2. The smallest absolute Gasteiger partial charge is 0.341 e. The molecule has 5 saturated carbocycles. The van der Waals surface area contributed by atoms with Crippen LogP contribution < -0.4 is 0 Å². The fraction of sp³-hybridized carbons (Fsp3) is 0.886. The zero-order chi connectivity index (χ0) is 35.0. The molecule has 8 rings (SSSR count). The molecule has 13 nitrogen and oxygen atoms in total. The molecular weight excluding hydrogens is 628 g/mol. The van der Waals surface area contributed by atoms with Gasteiger partial charge in [0, 0.05) is 49.4 Å². The van der Waals surface area contributed by atoms with E-state index in [0.29, 0.717) is 6.42 Å². The molecule has 0 amide bonds. The van der Waals surface area contributed by atoms with Crippen molar-refractivity contribution in [2.75, 3.05) is 0 Å². The van der Waals surface area contributed by atoms with Crippen molar-refractivity contribution < 1.29 is 62.9 Å². The molecule has 3 saturated heterocycles. The van der Waals surface area contributed by atoms with Crippen molar-refractivity contribution in [3.63, 3.8) is 0 Å². The van der Waals surface area contributed by atoms with Crippen LogP contribution in [0.4, 0.5) is 0 Å². The number of hydrogen-bond acceptors (Lipinski definition) is 13. The normalized spacial score (nSPS) is 61.1. The lowest BCUT2D eigenvalue weighted by Crippen LogP contribution is -2.73. The Balaban J connectivity index is 1.35. The molecule has 8 fully saturated rings. The van der Waals surface area contributed by atoms with Crippen LogP contribution in [0.1, 0.15) is 68.7 Å². The van der Waals surface area contributed by atoms with Gasteiger partial charge in [0.25, 0.3) is 0 Å². The van der Waals surface area contributed by atoms with Gasteiger partial charge in [-0.15, -0.1) is 0 Å². The van der Waals surface area contributed by atoms with E-state index in [-0.39, 0.29) is 12.0 Å². The third kappa shape index (κ3) is 3.46. The summed E-state index contributed by atoms with van der Waals surface area (Å²) < 4.78 is 36.5. The molecule has 0 aromatic carbocycles. The van der Waals surface area contributed by atoms with Crippen LogP contribution >= 0.6 is 0 Å². The van der Waals surface area contributed by atoms with Gasteiger partial charge in [-0.2, -0.15) is 0 Å². The quantitative estimate of drug-likeness (QED) is 0.219. The van der Waals surface area contributed by atoms with E-state index in [1.807, 2.05) is 27.7 Å². The van der Waals surface area contributed by atoms with Crippen LogP contribution in [-0.4, -0.2) is 99.4 Å². The molecule has 5 aliphatic carbocycles. The summed E-state index contributed by atoms with van der Waals surface area (Å²) >= 11 is 0. The molecule has 1 spiro atoms. The van der Waals surface area contributed by atoms with Crippen molar-refractivity contribution in [1.82, 2.24) is 0 Å². The van der Waals surface area contributed by atoms with E-state index in [4.69, 9.17) is 28.4 Å². The number of fused-ring (bicyclic) bond motifs is 9. The number of aliphatic hydroxyl groups excluding tert-OH is 2. The zero-order valence-corrected chi connectivity index (χ0v) is 28.9. The Hall–Kier alpha value is -2.32. The van der Waals surface area contributed by atoms with Gasteiger partial charge in [0.1, 0.15) is 30.5 Å². The van der Waals surface area contributed by atoms with Crippen molar-refractivity contribution in [3.05, 3.63) is 0 Å². The number of carbonyl (C=O) groups excluding carboxylic acids is 4. The number of ether oxygens (including phenoxy) is 6. The van der Waals surface area contributed by atoms with E-state index in [1.54, 1.807) is 6.92 Å². The highest BCUT2D eigenvalue weighted by Crippen LogP contribution is 2.81. The minimum absolute atomic E-state index is 0.242. The number of rotatable bonds is 3. The molecule has 0 radical (unpaired) electrons. The number of hydrogen-bond donors (Lipinski definition) is 3. The predicted octanol–water partition coefficient (Wildman–Crippen LogP) is 1.12. The Kier molecular flexibility index (Phi) is 6.51. The van der Waals surface area contributed by atoms with Gasteiger partial charge in [-0.25, -0.2) is 4.79 Å². The van der Waals surface area contributed by atoms with E-state index < -0.39 is 136 Å². The van der Waals surface area contributed by atoms with Crippen LogP contribution in [0.5, 0.6) is 0 Å². The first kappa shape index (κ1) is 32.9. The summed E-state index contributed by atoms with van der Waals surface area (Å²) in [4.78, 5) is 51.6. The standard InChI is InChI=1S/C35H48O13/c1-11-19-18(23(39)25(43-13(3)36)16-10-17-26(46-17)29(31(16,19)6)45-15(5)38)21-24(40)22-20(32(21,7)27(11)44-14(4)37)12(2)28-35(47-28)33(22,8)34(9,42)30(41)48-35/h11-12,16-29,39-40,42H,10H2,1-9H3/t11-,12-,16+,17-,18+,19-,20-,21+,22-,23+,24+,25-,26-,27-,28+,29-,31-,32+,33-,34+,35-/m0/s1. The van der Waals surface area contributed by atoms with Crippen molar-refractivity contribution in [2.45, 2.75) is 129 Å². The number of carbonyl (C=O) groups is 4. The first-order valence-electron chi connectivity index (χ1n) is 17.4. The van der Waals surface area contributed by atoms with Gasteiger partial charge in [-0.3, -0.25) is 14.4 Å². The zero-order valence-electron chi connectivity index (χ0n) is 28.9. The van der Waals surface area contributed by atoms with Crippen LogP contribution in [0.15, 0.2) is 0 Å². The molecule has 3 N–H and O–H groups in total. The van der Waals surface area contributed by atoms with E-state index in [1.165, 1.54) is 27.7 Å². The molecule has 0 unspecified atom stereocenters. The number of esters is 4. The minimum atomic E-state index is -2.03. The van der Waals surface area contributed by atoms with Crippen LogP contribution in [0.3, 0.4) is 0 Å². The first-order valence-corrected chi connectivity index (χ1v) is 17.4. The summed E-state index contributed by atoms with van der Waals surface area (Å²) in [5.74, 6) is -8.40. The molecule has 48 heavy (non-hydrogen) atoms. The Morgan fingerprint density at radius 3 is 2.00 bits per heavy atom. The lowest BCUT2D eigenvalue weighted by molar-refractivity contribution is -0.286. The van der Waals surface area contributed by atoms with Crippen LogP contribution in [0.25, 0.3) is 0 Å². The largest absolute Gasteiger partial charge is 0.462 e. The molecule has 8 aliphatic rings. The van der Waals surface area contributed by atoms with Crippen molar-refractivity contribution in [2.24, 2.45) is 63.6 Å². The van der Waals surface area contributed by atoms with E-state index in [2.05, 4.69) is 0 Å². The molecule has 21 atom stereocenters. The van der Waals surface area contributed by atoms with Gasteiger partial charge in [0.2, 0.25) is 5.79 Å². The maximum atomic E-state index is 13.3. The third-order valence-electron chi connectivity index (χ3n) is 15.3. The van der Waals surface area contributed by atoms with Gasteiger partial charge in [0.05, 0.1) is 23.7 Å². The fourth-order valence-electron chi connectivity index (χ4n) is 13.7. The summed E-state index contributed by atoms with van der Waals surface area (Å²) in [6.07, 6.45) is -5.82. The highest BCUT2D eigenvalue weighted by atomic mass is 16.8. The molecule has 0 bridgehead atoms. The monoisotopic (exact) mass is 676 g/mol. The van der Waals surface area contributed by atoms with Gasteiger partial charge >= 0.3 is 23.9 Å². The highest BCUT2D eigenvalue weighted by Gasteiger charge is 2.92. The van der Waals surface area contributed by atoms with Crippen LogP contribution in [0.2, 0.25) is 0 Å². The van der Waals surface area contributed by atoms with Crippen molar-refractivity contribution in [3.8, 4) is 0 Å². The highest BCUT2D eigenvalue weighted by molar-refractivity contribution is 5.84. The lowest BCUT2D eigenvalue weighted by atomic mass is 9.39. The summed E-state index contributed by atoms with van der Waals surface area (Å²) in [7, 11) is 0. The molecule has 266 valence electrons. The molecular formula is C35H48O13. The topological polar surface area (TPSA) is 191 Å². The second kappa shape index (κ2) is 9.51. The Morgan fingerprint density at radius 2 is 1.40 bits per heavy atom. The predicted molar refractivity (Wildman–Crippen MR) is 160 cm³/mol. The lowest BCUT2D eigenvalue weighted by Gasteiger charge is -2.67. The van der Waals surface area contributed by atoms with E-state index >= 15 is 0 Å². The van der Waals surface area contributed by atoms with Gasteiger partial charge in [-0.05, 0) is 49.9 Å². The van der Waals surface area contributed by atoms with Gasteiger partial charge < -0.3 is 43.7 Å². The Morgan fingerprint density at radius 1 is 0.792 bits per heavy atom. The average Bonchev–Trinajstić information content (AvgIpc) is 3.88. The second-order valence-corrected chi connectivity index (χ2v) is 17.1. The van der Waals surface area contributed by atoms with Crippen LogP contribution in [0, 0.1) is 63.6 Å². The average molecular weight is 677 g/mol. The summed E-state index contributed by atoms with van der Waals surface area (Å²) in [5.41, 5.74) is -5.39. The third-order valence-corrected chi connectivity index (χ3v) is 15.3. The van der Waals surface area contributed by atoms with Gasteiger partial charge in [0.15, 0.2) is 5.60 Å². The summed E-state index contributed by atoms with van der Waals surface area (Å²) in [6.45, 7) is 15.0. The molecule has 0 aromatic heterocycles. The SMILES string of the molecule is CC(=O)O[C@@H]1[C@H](O)[C@H]2[C@@H]3[C@@H](O)[C@@H]4[C@H]([C@H](C)[C@H]5O[C@]56OC(=O)[C@@](C)(O)[C@]46C)[C@@]3(C)[C@@H](OC(C)=O)[C@@H](C)[C@@H]2[C@]2(C)[C@@H]1C[C@@H]1O[C@@H]1[C@@H]2OC(C)=O. The molecule has 13 heteroatoms. The fourth-order valence-corrected chi connectivity index (χ4v) is 13.7. The Labute approximate surface area is 279 Å². The second-order valence-electron chi connectivity index (χ2n) is 17.1. The van der Waals surface area contributed by atoms with Crippen molar-refractivity contribution in [1.29, 1.82) is 0 Å². The Bertz CT molecular complexity index is 1500. The van der Waals surface area contributed by atoms with Gasteiger partial charge in [-0.1, -0.05) is 27.7 Å².